The van der Waals surface area contributed by atoms with Gasteiger partial charge in [0.05, 0.1) is 6.04 Å². The van der Waals surface area contributed by atoms with Gasteiger partial charge in [-0.1, -0.05) is 13.8 Å². The van der Waals surface area contributed by atoms with Crippen molar-refractivity contribution >= 4 is 48.2 Å². The van der Waals surface area contributed by atoms with Gasteiger partial charge in [0, 0.05) is 18.8 Å². The summed E-state index contributed by atoms with van der Waals surface area (Å²) in [7, 11) is 0. The van der Waals surface area contributed by atoms with E-state index in [1.54, 1.807) is 0 Å². The van der Waals surface area contributed by atoms with Gasteiger partial charge < -0.3 is 49.7 Å². The molecule has 0 aliphatic heterocycles. The molecular weight excluding hydrogens is 504 g/mol. The SMILES string of the molecule is CC(C)CC(NC(=O)C(CCCN=C(N)N)NC(=O)C(N)CCCN=C(N)N)C(=O)NC(CS)C(=O)O. The lowest BCUT2D eigenvalue weighted by molar-refractivity contribution is -0.141. The van der Waals surface area contributed by atoms with Crippen LogP contribution in [0.1, 0.15) is 46.0 Å². The second kappa shape index (κ2) is 18.0. The van der Waals surface area contributed by atoms with Gasteiger partial charge in [-0.3, -0.25) is 24.4 Å². The normalized spacial score (nSPS) is 14.0. The van der Waals surface area contributed by atoms with Crippen LogP contribution in [0, 0.1) is 5.92 Å². The van der Waals surface area contributed by atoms with Gasteiger partial charge in [0.25, 0.3) is 0 Å². The molecule has 4 unspecified atom stereocenters. The van der Waals surface area contributed by atoms with Gasteiger partial charge in [-0.05, 0) is 38.0 Å². The van der Waals surface area contributed by atoms with Crippen LogP contribution in [0.5, 0.6) is 0 Å². The summed E-state index contributed by atoms with van der Waals surface area (Å²) in [5.74, 6) is -3.46. The van der Waals surface area contributed by atoms with Crippen LogP contribution >= 0.6 is 12.6 Å². The number of carboxylic acids is 1. The fraction of sp³-hybridized carbons (Fsp3) is 0.714. The number of thiol groups is 1. The predicted molar refractivity (Wildman–Crippen MR) is 145 cm³/mol. The quantitative estimate of drug-likeness (QED) is 0.0358. The number of guanidine groups is 2. The number of nitrogens with zero attached hydrogens (tertiary/aromatic N) is 2. The molecule has 0 aliphatic rings. The van der Waals surface area contributed by atoms with E-state index in [1.165, 1.54) is 0 Å². The predicted octanol–water partition coefficient (Wildman–Crippen LogP) is -3.06. The van der Waals surface area contributed by atoms with Gasteiger partial charge >= 0.3 is 5.97 Å². The molecule has 16 heteroatoms. The van der Waals surface area contributed by atoms with E-state index in [0.29, 0.717) is 19.4 Å². The zero-order valence-corrected chi connectivity index (χ0v) is 22.2. The van der Waals surface area contributed by atoms with Gasteiger partial charge in [-0.2, -0.15) is 12.6 Å². The van der Waals surface area contributed by atoms with Crippen LogP contribution in [0.3, 0.4) is 0 Å². The number of carboxylic acid groups (broad SMARTS) is 1. The molecule has 0 heterocycles. The third-order valence-electron chi connectivity index (χ3n) is 5.02. The summed E-state index contributed by atoms with van der Waals surface area (Å²) in [6.45, 7) is 4.19. The average Bonchev–Trinajstić information content (AvgIpc) is 2.80. The van der Waals surface area contributed by atoms with Crippen molar-refractivity contribution in [2.24, 2.45) is 44.6 Å². The van der Waals surface area contributed by atoms with Crippen LogP contribution in [0.2, 0.25) is 0 Å². The monoisotopic (exact) mass is 546 g/mol. The molecule has 0 saturated carbocycles. The molecule has 0 saturated heterocycles. The van der Waals surface area contributed by atoms with Gasteiger partial charge in [0.1, 0.15) is 18.1 Å². The molecule has 0 fully saturated rings. The summed E-state index contributed by atoms with van der Waals surface area (Å²) in [4.78, 5) is 57.6. The van der Waals surface area contributed by atoms with Gasteiger partial charge in [-0.25, -0.2) is 4.79 Å². The van der Waals surface area contributed by atoms with Crippen LogP contribution in [-0.2, 0) is 19.2 Å². The van der Waals surface area contributed by atoms with Crippen molar-refractivity contribution in [3.05, 3.63) is 0 Å². The Morgan fingerprint density at radius 3 is 1.70 bits per heavy atom. The van der Waals surface area contributed by atoms with Crippen molar-refractivity contribution in [2.45, 2.75) is 70.1 Å². The zero-order valence-electron chi connectivity index (χ0n) is 21.4. The third-order valence-corrected chi connectivity index (χ3v) is 5.39. The largest absolute Gasteiger partial charge is 0.480 e. The van der Waals surface area contributed by atoms with Gasteiger partial charge in [0.2, 0.25) is 17.7 Å². The number of nitrogens with one attached hydrogen (secondary N) is 3. The minimum Gasteiger partial charge on any atom is -0.480 e. The molecular formula is C21H42N10O5S. The number of carbonyl (C=O) groups is 4. The summed E-state index contributed by atoms with van der Waals surface area (Å²) < 4.78 is 0. The summed E-state index contributed by atoms with van der Waals surface area (Å²) in [6.07, 6.45) is 1.44. The smallest absolute Gasteiger partial charge is 0.327 e. The van der Waals surface area contributed by atoms with E-state index in [0.717, 1.165) is 0 Å². The zero-order chi connectivity index (χ0) is 28.5. The highest BCUT2D eigenvalue weighted by molar-refractivity contribution is 7.80. The first kappa shape index (κ1) is 33.7. The highest BCUT2D eigenvalue weighted by atomic mass is 32.1. The fourth-order valence-electron chi connectivity index (χ4n) is 3.13. The molecule has 3 amide bonds. The van der Waals surface area contributed by atoms with Crippen LogP contribution in [0.25, 0.3) is 0 Å². The Labute approximate surface area is 222 Å². The summed E-state index contributed by atoms with van der Waals surface area (Å²) >= 11 is 3.94. The maximum absolute atomic E-state index is 13.1. The van der Waals surface area contributed by atoms with E-state index in [4.69, 9.17) is 28.7 Å². The topological polar surface area (TPSA) is 279 Å². The van der Waals surface area contributed by atoms with E-state index in [-0.39, 0.29) is 49.4 Å². The van der Waals surface area contributed by atoms with E-state index in [1.807, 2.05) is 13.8 Å². The average molecular weight is 547 g/mol. The Hall–Kier alpha value is -3.27. The van der Waals surface area contributed by atoms with Crippen molar-refractivity contribution in [3.8, 4) is 0 Å². The van der Waals surface area contributed by atoms with Crippen molar-refractivity contribution in [3.63, 3.8) is 0 Å². The number of hydrogen-bond acceptors (Lipinski definition) is 8. The summed E-state index contributed by atoms with van der Waals surface area (Å²) in [6, 6.07) is -4.24. The molecule has 0 rings (SSSR count). The highest BCUT2D eigenvalue weighted by Crippen LogP contribution is 2.08. The van der Waals surface area contributed by atoms with Crippen LogP contribution in [-0.4, -0.2) is 83.7 Å². The number of hydrogen-bond donors (Lipinski definition) is 10. The number of aliphatic imine (C=N–C) groups is 2. The highest BCUT2D eigenvalue weighted by Gasteiger charge is 2.30. The van der Waals surface area contributed by atoms with E-state index >= 15 is 0 Å². The number of carbonyl (C=O) groups excluding carboxylic acids is 3. The van der Waals surface area contributed by atoms with E-state index in [9.17, 15) is 24.3 Å². The molecule has 0 aromatic carbocycles. The summed E-state index contributed by atoms with van der Waals surface area (Å²) in [5, 5.41) is 16.8. The molecule has 14 N–H and O–H groups in total. The van der Waals surface area contributed by atoms with Gasteiger partial charge in [-0.15, -0.1) is 0 Å². The molecule has 15 nitrogen and oxygen atoms in total. The van der Waals surface area contributed by atoms with Crippen LogP contribution in [0.15, 0.2) is 9.98 Å². The molecule has 0 bridgehead atoms. The summed E-state index contributed by atoms with van der Waals surface area (Å²) in [5.41, 5.74) is 27.2. The lowest BCUT2D eigenvalue weighted by Crippen LogP contribution is -2.57. The molecule has 4 atom stereocenters. The molecule has 0 spiro atoms. The Balaban J connectivity index is 5.48. The van der Waals surface area contributed by atoms with Crippen molar-refractivity contribution < 1.29 is 24.3 Å². The van der Waals surface area contributed by atoms with Crippen molar-refractivity contribution in [1.82, 2.24) is 16.0 Å². The fourth-order valence-corrected chi connectivity index (χ4v) is 3.38. The van der Waals surface area contributed by atoms with Gasteiger partial charge in [0.15, 0.2) is 11.9 Å². The van der Waals surface area contributed by atoms with E-state index in [2.05, 4.69) is 38.6 Å². The molecule has 0 radical (unpaired) electrons. The number of aliphatic carboxylic acids is 1. The van der Waals surface area contributed by atoms with Crippen LogP contribution < -0.4 is 44.6 Å². The molecule has 0 aromatic heterocycles. The second-order valence-corrected chi connectivity index (χ2v) is 9.20. The molecule has 212 valence electrons. The first-order valence-corrected chi connectivity index (χ1v) is 12.5. The molecule has 37 heavy (non-hydrogen) atoms. The molecule has 0 aromatic rings. The van der Waals surface area contributed by atoms with Crippen LogP contribution in [0.4, 0.5) is 0 Å². The Morgan fingerprint density at radius 2 is 1.24 bits per heavy atom. The lowest BCUT2D eigenvalue weighted by Gasteiger charge is -2.26. The number of amides is 3. The van der Waals surface area contributed by atoms with Crippen molar-refractivity contribution in [1.29, 1.82) is 0 Å². The van der Waals surface area contributed by atoms with Crippen molar-refractivity contribution in [2.75, 3.05) is 18.8 Å². The second-order valence-electron chi connectivity index (χ2n) is 8.84. The Kier molecular flexibility index (Phi) is 16.5. The standard InChI is InChI=1S/C21H42N10O5S/c1-11(2)9-14(18(34)31-15(10-37)19(35)36)30-17(33)13(6-4-8-28-21(25)26)29-16(32)12(22)5-3-7-27-20(23)24/h11-15,37H,3-10,22H2,1-2H3,(H,29,32)(H,30,33)(H,31,34)(H,35,36)(H4,23,24,27)(H4,25,26,28). The maximum atomic E-state index is 13.1. The maximum Gasteiger partial charge on any atom is 0.327 e. The van der Waals surface area contributed by atoms with E-state index < -0.39 is 47.9 Å². The number of nitrogens with two attached hydrogens (primary N) is 5. The minimum absolute atomic E-state index is 0.0103. The minimum atomic E-state index is -1.25. The number of rotatable bonds is 18. The Bertz CT molecular complexity index is 816. The Morgan fingerprint density at radius 1 is 0.784 bits per heavy atom. The lowest BCUT2D eigenvalue weighted by atomic mass is 10.0. The first-order chi connectivity index (χ1) is 17.3. The molecule has 0 aliphatic carbocycles. The third kappa shape index (κ3) is 15.4. The first-order valence-electron chi connectivity index (χ1n) is 11.9.